The van der Waals surface area contributed by atoms with Gasteiger partial charge in [0.05, 0.1) is 5.69 Å². The standard InChI is InChI=1S/C25H18FN5O4/c26-18-11-13-20(14-12-18)33-15-21-27-22(35-30-21)16-34-25(32)23-28-24(17-7-3-1-4-8-17)31(29-23)19-9-5-2-6-10-19/h1-14H,15-16H2. The molecule has 2 aromatic heterocycles. The van der Waals surface area contributed by atoms with Crippen LogP contribution in [0.3, 0.4) is 0 Å². The van der Waals surface area contributed by atoms with Crippen LogP contribution in [0.15, 0.2) is 89.5 Å². The molecule has 0 radical (unpaired) electrons. The van der Waals surface area contributed by atoms with Crippen LogP contribution in [-0.4, -0.2) is 30.9 Å². The number of hydrogen-bond donors (Lipinski definition) is 0. The number of halogens is 1. The van der Waals surface area contributed by atoms with E-state index in [4.69, 9.17) is 14.0 Å². The second-order valence-corrected chi connectivity index (χ2v) is 7.30. The first-order valence-electron chi connectivity index (χ1n) is 10.6. The molecule has 0 aliphatic heterocycles. The van der Waals surface area contributed by atoms with E-state index in [1.54, 1.807) is 4.68 Å². The molecule has 0 amide bonds. The van der Waals surface area contributed by atoms with E-state index in [9.17, 15) is 9.18 Å². The molecular weight excluding hydrogens is 453 g/mol. The van der Waals surface area contributed by atoms with E-state index in [1.807, 2.05) is 60.7 Å². The SMILES string of the molecule is O=C(OCc1nc(COc2ccc(F)cc2)no1)c1nc(-c2ccccc2)n(-c2ccccc2)n1. The molecule has 174 valence electrons. The van der Waals surface area contributed by atoms with Gasteiger partial charge in [-0.3, -0.25) is 0 Å². The molecule has 0 atom stereocenters. The number of esters is 1. The number of para-hydroxylation sites is 1. The summed E-state index contributed by atoms with van der Waals surface area (Å²) in [6.07, 6.45) is 0. The maximum absolute atomic E-state index is 13.0. The van der Waals surface area contributed by atoms with Crippen molar-refractivity contribution in [2.75, 3.05) is 0 Å². The van der Waals surface area contributed by atoms with Crippen LogP contribution >= 0.6 is 0 Å². The van der Waals surface area contributed by atoms with E-state index in [1.165, 1.54) is 24.3 Å². The van der Waals surface area contributed by atoms with E-state index in [0.29, 0.717) is 11.6 Å². The predicted octanol–water partition coefficient (Wildman–Crippen LogP) is 4.39. The molecule has 3 aromatic carbocycles. The minimum Gasteiger partial charge on any atom is -0.485 e. The van der Waals surface area contributed by atoms with E-state index in [-0.39, 0.29) is 36.6 Å². The lowest BCUT2D eigenvalue weighted by Crippen LogP contribution is -2.08. The van der Waals surface area contributed by atoms with Crippen LogP contribution in [0.2, 0.25) is 0 Å². The molecule has 0 spiro atoms. The molecule has 10 heteroatoms. The van der Waals surface area contributed by atoms with Crippen molar-refractivity contribution < 1.29 is 23.2 Å². The molecule has 0 saturated carbocycles. The maximum Gasteiger partial charge on any atom is 0.378 e. The summed E-state index contributed by atoms with van der Waals surface area (Å²) in [5.41, 5.74) is 1.55. The number of hydrogen-bond acceptors (Lipinski definition) is 8. The Morgan fingerprint density at radius 1 is 0.886 bits per heavy atom. The van der Waals surface area contributed by atoms with Crippen molar-refractivity contribution in [3.05, 3.63) is 108 Å². The van der Waals surface area contributed by atoms with Gasteiger partial charge in [-0.25, -0.2) is 18.9 Å². The third-order valence-electron chi connectivity index (χ3n) is 4.84. The number of nitrogens with zero attached hydrogens (tertiary/aromatic N) is 5. The van der Waals surface area contributed by atoms with Gasteiger partial charge in [0.25, 0.3) is 11.7 Å². The predicted molar refractivity (Wildman–Crippen MR) is 121 cm³/mol. The Morgan fingerprint density at radius 3 is 2.34 bits per heavy atom. The number of carbonyl (C=O) groups excluding carboxylic acids is 1. The summed E-state index contributed by atoms with van der Waals surface area (Å²) in [6, 6.07) is 24.3. The first-order valence-corrected chi connectivity index (χ1v) is 10.6. The molecule has 0 unspecified atom stereocenters. The van der Waals surface area contributed by atoms with Crippen molar-refractivity contribution in [3.63, 3.8) is 0 Å². The first-order chi connectivity index (χ1) is 17.2. The fourth-order valence-corrected chi connectivity index (χ4v) is 3.20. The van der Waals surface area contributed by atoms with Crippen LogP contribution in [0, 0.1) is 5.82 Å². The van der Waals surface area contributed by atoms with Gasteiger partial charge in [-0.05, 0) is 36.4 Å². The first kappa shape index (κ1) is 22.0. The van der Waals surface area contributed by atoms with Crippen LogP contribution in [0.5, 0.6) is 5.75 Å². The van der Waals surface area contributed by atoms with Crippen molar-refractivity contribution in [1.82, 2.24) is 24.9 Å². The van der Waals surface area contributed by atoms with Gasteiger partial charge in [0.15, 0.2) is 19.0 Å². The van der Waals surface area contributed by atoms with Crippen LogP contribution in [0.4, 0.5) is 4.39 Å². The maximum atomic E-state index is 13.0. The van der Waals surface area contributed by atoms with Gasteiger partial charge in [0, 0.05) is 5.56 Å². The van der Waals surface area contributed by atoms with Crippen molar-refractivity contribution in [3.8, 4) is 22.8 Å². The quantitative estimate of drug-likeness (QED) is 0.307. The Balaban J connectivity index is 1.26. The lowest BCUT2D eigenvalue weighted by molar-refractivity contribution is 0.0415. The zero-order valence-electron chi connectivity index (χ0n) is 18.2. The fourth-order valence-electron chi connectivity index (χ4n) is 3.20. The molecule has 5 aromatic rings. The summed E-state index contributed by atoms with van der Waals surface area (Å²) in [5, 5.41) is 8.15. The van der Waals surface area contributed by atoms with Gasteiger partial charge in [0.1, 0.15) is 11.6 Å². The van der Waals surface area contributed by atoms with Gasteiger partial charge in [0.2, 0.25) is 5.82 Å². The summed E-state index contributed by atoms with van der Waals surface area (Å²) in [7, 11) is 0. The second-order valence-electron chi connectivity index (χ2n) is 7.30. The number of rotatable bonds is 8. The average Bonchev–Trinajstić information content (AvgIpc) is 3.56. The minimum absolute atomic E-state index is 0.00650. The minimum atomic E-state index is -0.737. The Labute approximate surface area is 198 Å². The number of benzene rings is 3. The molecule has 0 saturated heterocycles. The molecule has 0 fully saturated rings. The summed E-state index contributed by atoms with van der Waals surface area (Å²) in [5.74, 6) is 0.0894. The summed E-state index contributed by atoms with van der Waals surface area (Å²) < 4.78 is 30.4. The molecule has 0 bridgehead atoms. The smallest absolute Gasteiger partial charge is 0.378 e. The van der Waals surface area contributed by atoms with E-state index < -0.39 is 5.97 Å². The lowest BCUT2D eigenvalue weighted by atomic mass is 10.2. The zero-order valence-corrected chi connectivity index (χ0v) is 18.2. The Kier molecular flexibility index (Phi) is 6.25. The number of carbonyl (C=O) groups is 1. The molecule has 9 nitrogen and oxygen atoms in total. The lowest BCUT2D eigenvalue weighted by Gasteiger charge is -2.05. The number of aromatic nitrogens is 5. The third-order valence-corrected chi connectivity index (χ3v) is 4.84. The van der Waals surface area contributed by atoms with Crippen LogP contribution in [0.1, 0.15) is 22.3 Å². The van der Waals surface area contributed by atoms with Gasteiger partial charge in [-0.2, -0.15) is 4.98 Å². The molecule has 5 rings (SSSR count). The van der Waals surface area contributed by atoms with E-state index >= 15 is 0 Å². The zero-order chi connectivity index (χ0) is 24.0. The summed E-state index contributed by atoms with van der Waals surface area (Å²) in [6.45, 7) is -0.254. The molecule has 0 aliphatic carbocycles. The second kappa shape index (κ2) is 9.96. The fraction of sp³-hybridized carbons (Fsp3) is 0.0800. The molecule has 35 heavy (non-hydrogen) atoms. The molecule has 0 aliphatic rings. The Bertz CT molecular complexity index is 1360. The molecule has 0 N–H and O–H groups in total. The Hall–Kier alpha value is -4.86. The largest absolute Gasteiger partial charge is 0.485 e. The van der Waals surface area contributed by atoms with Crippen molar-refractivity contribution >= 4 is 5.97 Å². The number of ether oxygens (including phenoxy) is 2. The van der Waals surface area contributed by atoms with E-state index in [2.05, 4.69) is 20.2 Å². The van der Waals surface area contributed by atoms with Gasteiger partial charge >= 0.3 is 5.97 Å². The van der Waals surface area contributed by atoms with Crippen LogP contribution in [-0.2, 0) is 18.0 Å². The van der Waals surface area contributed by atoms with Crippen molar-refractivity contribution in [2.24, 2.45) is 0 Å². The van der Waals surface area contributed by atoms with Gasteiger partial charge in [-0.1, -0.05) is 53.7 Å². The van der Waals surface area contributed by atoms with Crippen LogP contribution < -0.4 is 4.74 Å². The molecule has 2 heterocycles. The van der Waals surface area contributed by atoms with Crippen LogP contribution in [0.25, 0.3) is 17.1 Å². The topological polar surface area (TPSA) is 105 Å². The average molecular weight is 471 g/mol. The highest BCUT2D eigenvalue weighted by Crippen LogP contribution is 2.21. The van der Waals surface area contributed by atoms with Gasteiger partial charge < -0.3 is 14.0 Å². The highest BCUT2D eigenvalue weighted by molar-refractivity contribution is 5.85. The molecular formula is C25H18FN5O4. The monoisotopic (exact) mass is 471 g/mol. The van der Waals surface area contributed by atoms with Crippen molar-refractivity contribution in [2.45, 2.75) is 13.2 Å². The highest BCUT2D eigenvalue weighted by Gasteiger charge is 2.21. The normalized spacial score (nSPS) is 10.8. The summed E-state index contributed by atoms with van der Waals surface area (Å²) >= 11 is 0. The van der Waals surface area contributed by atoms with E-state index in [0.717, 1.165) is 11.3 Å². The van der Waals surface area contributed by atoms with Gasteiger partial charge in [-0.15, -0.1) is 5.10 Å². The highest BCUT2D eigenvalue weighted by atomic mass is 19.1. The Morgan fingerprint density at radius 2 is 1.60 bits per heavy atom. The van der Waals surface area contributed by atoms with Crippen molar-refractivity contribution in [1.29, 1.82) is 0 Å². The summed E-state index contributed by atoms with van der Waals surface area (Å²) in [4.78, 5) is 21.2. The third kappa shape index (κ3) is 5.22.